The molecule has 0 bridgehead atoms. The van der Waals surface area contributed by atoms with E-state index >= 15 is 0 Å². The number of carbonyl (C=O) groups is 1. The second-order valence-electron chi connectivity index (χ2n) is 0.756. The van der Waals surface area contributed by atoms with Gasteiger partial charge >= 0.3 is 29.2 Å². The van der Waals surface area contributed by atoms with E-state index in [1.807, 2.05) is 0 Å². The molecule has 0 unspecified atom stereocenters. The minimum atomic E-state index is -1.41. The van der Waals surface area contributed by atoms with Gasteiger partial charge in [-0.2, -0.15) is 4.89 Å². The summed E-state index contributed by atoms with van der Waals surface area (Å²) < 4.78 is 0. The maximum absolute atomic E-state index is 9.41. The van der Waals surface area contributed by atoms with Crippen molar-refractivity contribution in [1.29, 1.82) is 0 Å². The van der Waals surface area contributed by atoms with Crippen LogP contribution in [0.5, 0.6) is 0 Å². The van der Waals surface area contributed by atoms with Gasteiger partial charge in [0.1, 0.15) is 0 Å². The first-order chi connectivity index (χ1) is 3.27. The molecule has 0 atom stereocenters. The van der Waals surface area contributed by atoms with Crippen LogP contribution in [0.2, 0.25) is 0 Å². The first kappa shape index (κ1) is 10.9. The molecule has 5 heteroatoms. The Labute approximate surface area is 65.8 Å². The molecule has 0 aromatic carbocycles. The van der Waals surface area contributed by atoms with Crippen LogP contribution in [0.3, 0.4) is 0 Å². The van der Waals surface area contributed by atoms with Crippen LogP contribution in [-0.4, -0.2) is 40.9 Å². The van der Waals surface area contributed by atoms with Crippen LogP contribution in [0.1, 0.15) is 9.78 Å². The molecule has 0 aromatic rings. The SMILES string of the molecule is CCOOC(=O)O.[H-].[H-].[Mg+2]. The van der Waals surface area contributed by atoms with Crippen LogP contribution in [0.15, 0.2) is 0 Å². The van der Waals surface area contributed by atoms with E-state index in [2.05, 4.69) is 9.78 Å². The molecule has 0 rings (SSSR count). The van der Waals surface area contributed by atoms with Crippen molar-refractivity contribution in [3.8, 4) is 0 Å². The Morgan fingerprint density at radius 2 is 2.38 bits per heavy atom. The zero-order chi connectivity index (χ0) is 5.70. The van der Waals surface area contributed by atoms with E-state index in [1.165, 1.54) is 0 Å². The van der Waals surface area contributed by atoms with Gasteiger partial charge in [0, 0.05) is 0 Å². The normalized spacial score (nSPS) is 7.12. The Morgan fingerprint density at radius 3 is 2.50 bits per heavy atom. The van der Waals surface area contributed by atoms with Gasteiger partial charge < -0.3 is 7.96 Å². The molecule has 0 amide bonds. The first-order valence-corrected chi connectivity index (χ1v) is 1.79. The molecule has 46 valence electrons. The Balaban J connectivity index is -0.0000000600. The Morgan fingerprint density at radius 1 is 1.88 bits per heavy atom. The maximum Gasteiger partial charge on any atom is 2.00 e. The van der Waals surface area contributed by atoms with E-state index in [0.29, 0.717) is 0 Å². The zero-order valence-electron chi connectivity index (χ0n) is 6.59. The average molecular weight is 132 g/mol. The van der Waals surface area contributed by atoms with Crippen LogP contribution in [-0.2, 0) is 9.78 Å². The van der Waals surface area contributed by atoms with Crippen LogP contribution in [0, 0.1) is 0 Å². The van der Waals surface area contributed by atoms with Crippen molar-refractivity contribution in [2.45, 2.75) is 6.92 Å². The van der Waals surface area contributed by atoms with Gasteiger partial charge in [0.15, 0.2) is 0 Å². The monoisotopic (exact) mass is 132 g/mol. The zero-order valence-corrected chi connectivity index (χ0v) is 6.00. The van der Waals surface area contributed by atoms with E-state index in [4.69, 9.17) is 5.11 Å². The van der Waals surface area contributed by atoms with Crippen molar-refractivity contribution >= 4 is 29.2 Å². The summed E-state index contributed by atoms with van der Waals surface area (Å²) in [6.07, 6.45) is -1.41. The van der Waals surface area contributed by atoms with E-state index in [-0.39, 0.29) is 32.5 Å². The summed E-state index contributed by atoms with van der Waals surface area (Å²) in [5, 5.41) is 7.70. The summed E-state index contributed by atoms with van der Waals surface area (Å²) in [5.41, 5.74) is 0. The quantitative estimate of drug-likeness (QED) is 0.337. The fraction of sp³-hybridized carbons (Fsp3) is 0.667. The third-order valence-corrected chi connectivity index (χ3v) is 0.248. The molecule has 0 aliphatic rings. The molecule has 0 heterocycles. The van der Waals surface area contributed by atoms with E-state index in [1.54, 1.807) is 6.92 Å². The minimum Gasteiger partial charge on any atom is -1.00 e. The summed E-state index contributed by atoms with van der Waals surface area (Å²) in [7, 11) is 0. The van der Waals surface area contributed by atoms with Gasteiger partial charge in [-0.15, -0.1) is 0 Å². The fourth-order valence-electron chi connectivity index (χ4n) is 0.109. The van der Waals surface area contributed by atoms with Gasteiger partial charge in [-0.1, -0.05) is 0 Å². The van der Waals surface area contributed by atoms with Crippen LogP contribution in [0.25, 0.3) is 0 Å². The molecule has 0 saturated heterocycles. The summed E-state index contributed by atoms with van der Waals surface area (Å²) in [6, 6.07) is 0. The van der Waals surface area contributed by atoms with Crippen molar-refractivity contribution in [2.24, 2.45) is 0 Å². The average Bonchev–Trinajstić information content (AvgIpc) is 1.61. The smallest absolute Gasteiger partial charge is 1.00 e. The van der Waals surface area contributed by atoms with E-state index in [9.17, 15) is 4.79 Å². The number of rotatable bonds is 2. The van der Waals surface area contributed by atoms with Crippen molar-refractivity contribution in [2.75, 3.05) is 6.61 Å². The van der Waals surface area contributed by atoms with Gasteiger partial charge in [0.25, 0.3) is 0 Å². The van der Waals surface area contributed by atoms with Crippen molar-refractivity contribution in [1.82, 2.24) is 0 Å². The standard InChI is InChI=1S/C3H6O4.Mg.2H/c1-2-6-7-3(4)5;;;/h2H2,1H3,(H,4,5);;;/q;+2;2*-1. The van der Waals surface area contributed by atoms with E-state index < -0.39 is 6.16 Å². The summed E-state index contributed by atoms with van der Waals surface area (Å²) in [5.74, 6) is 0. The molecule has 0 fully saturated rings. The topological polar surface area (TPSA) is 55.8 Å². The largest absolute Gasteiger partial charge is 2.00 e. The Kier molecular flexibility index (Phi) is 9.52. The predicted molar refractivity (Wildman–Crippen MR) is 28.7 cm³/mol. The molecule has 0 radical (unpaired) electrons. The number of carboxylic acid groups (broad SMARTS) is 1. The number of hydrogen-bond acceptors (Lipinski definition) is 3. The first-order valence-electron chi connectivity index (χ1n) is 1.79. The van der Waals surface area contributed by atoms with Gasteiger partial charge in [-0.3, -0.25) is 4.89 Å². The maximum atomic E-state index is 9.41. The second-order valence-corrected chi connectivity index (χ2v) is 0.756. The van der Waals surface area contributed by atoms with Crippen molar-refractivity contribution < 1.29 is 22.5 Å². The van der Waals surface area contributed by atoms with Crippen molar-refractivity contribution in [3.63, 3.8) is 0 Å². The molecule has 0 saturated carbocycles. The molecular formula is C3H8MgO4. The molecule has 0 aliphatic carbocycles. The molecular weight excluding hydrogens is 124 g/mol. The third-order valence-electron chi connectivity index (χ3n) is 0.248. The Hall–Kier alpha value is -0.00377. The summed E-state index contributed by atoms with van der Waals surface area (Å²) >= 11 is 0. The molecule has 0 spiro atoms. The molecule has 8 heavy (non-hydrogen) atoms. The second kappa shape index (κ2) is 7.00. The Bertz CT molecular complexity index is 71.5. The van der Waals surface area contributed by atoms with Crippen LogP contribution >= 0.6 is 0 Å². The van der Waals surface area contributed by atoms with Gasteiger partial charge in [0.2, 0.25) is 0 Å². The summed E-state index contributed by atoms with van der Waals surface area (Å²) in [6.45, 7) is 1.87. The third kappa shape index (κ3) is 9.37. The van der Waals surface area contributed by atoms with Crippen molar-refractivity contribution in [3.05, 3.63) is 0 Å². The minimum absolute atomic E-state index is 0. The van der Waals surface area contributed by atoms with E-state index in [0.717, 1.165) is 0 Å². The molecule has 4 nitrogen and oxygen atoms in total. The molecule has 0 aliphatic heterocycles. The van der Waals surface area contributed by atoms with Crippen LogP contribution < -0.4 is 0 Å². The van der Waals surface area contributed by atoms with Crippen LogP contribution in [0.4, 0.5) is 4.79 Å². The fourth-order valence-corrected chi connectivity index (χ4v) is 0.109. The molecule has 1 N–H and O–H groups in total. The predicted octanol–water partition coefficient (Wildman–Crippen LogP) is 0.477. The van der Waals surface area contributed by atoms with Gasteiger partial charge in [-0.05, 0) is 6.92 Å². The van der Waals surface area contributed by atoms with Gasteiger partial charge in [0.05, 0.1) is 6.61 Å². The van der Waals surface area contributed by atoms with Gasteiger partial charge in [-0.25, -0.2) is 4.79 Å². The number of hydrogen-bond donors (Lipinski definition) is 1. The summed E-state index contributed by atoms with van der Waals surface area (Å²) in [4.78, 5) is 17.0. The molecule has 0 aromatic heterocycles.